The van der Waals surface area contributed by atoms with Gasteiger partial charge in [0.1, 0.15) is 11.3 Å². The van der Waals surface area contributed by atoms with Gasteiger partial charge in [-0.2, -0.15) is 0 Å². The summed E-state index contributed by atoms with van der Waals surface area (Å²) in [5, 5.41) is 2.03. The molecule has 2 aromatic rings. The van der Waals surface area contributed by atoms with Crippen LogP contribution in [0.5, 0.6) is 17.2 Å². The fourth-order valence-corrected chi connectivity index (χ4v) is 3.84. The number of thiophene rings is 1. The highest BCUT2D eigenvalue weighted by atomic mass is 32.1. The van der Waals surface area contributed by atoms with Gasteiger partial charge in [-0.05, 0) is 23.4 Å². The first-order valence-electron chi connectivity index (χ1n) is 8.37. The predicted molar refractivity (Wildman–Crippen MR) is 99.8 cm³/mol. The van der Waals surface area contributed by atoms with E-state index in [1.165, 1.54) is 32.3 Å². The van der Waals surface area contributed by atoms with Crippen LogP contribution in [0.4, 0.5) is 0 Å². The molecular weight excluding hydrogens is 370 g/mol. The largest absolute Gasteiger partial charge is 0.496 e. The maximum absolute atomic E-state index is 12.5. The zero-order chi connectivity index (χ0) is 19.4. The summed E-state index contributed by atoms with van der Waals surface area (Å²) >= 11 is 1.71. The Bertz CT molecular complexity index is 847. The van der Waals surface area contributed by atoms with Gasteiger partial charge >= 0.3 is 5.97 Å². The van der Waals surface area contributed by atoms with Crippen molar-refractivity contribution in [1.82, 2.24) is 4.90 Å². The molecule has 1 aromatic heterocycles. The fourth-order valence-electron chi connectivity index (χ4n) is 2.95. The maximum Gasteiger partial charge on any atom is 0.342 e. The summed E-state index contributed by atoms with van der Waals surface area (Å²) in [4.78, 5) is 27.9. The average molecular weight is 391 g/mol. The van der Waals surface area contributed by atoms with Crippen molar-refractivity contribution in [2.24, 2.45) is 0 Å². The van der Waals surface area contributed by atoms with Gasteiger partial charge in [-0.3, -0.25) is 4.79 Å². The van der Waals surface area contributed by atoms with Gasteiger partial charge in [0, 0.05) is 30.1 Å². The quantitative estimate of drug-likeness (QED) is 0.705. The highest BCUT2D eigenvalue weighted by Crippen LogP contribution is 2.35. The Hall–Kier alpha value is -2.74. The lowest BCUT2D eigenvalue weighted by atomic mass is 10.1. The zero-order valence-electron chi connectivity index (χ0n) is 15.4. The van der Waals surface area contributed by atoms with Crippen LogP contribution in [0.1, 0.15) is 20.8 Å². The van der Waals surface area contributed by atoms with Crippen LogP contribution in [0, 0.1) is 0 Å². The van der Waals surface area contributed by atoms with E-state index >= 15 is 0 Å². The summed E-state index contributed by atoms with van der Waals surface area (Å²) in [6.45, 7) is 0.855. The summed E-state index contributed by atoms with van der Waals surface area (Å²) in [6, 6.07) is 5.04. The van der Waals surface area contributed by atoms with E-state index in [1.54, 1.807) is 22.3 Å². The Morgan fingerprint density at radius 1 is 1.07 bits per heavy atom. The number of ether oxygens (including phenoxy) is 4. The van der Waals surface area contributed by atoms with Crippen LogP contribution in [-0.2, 0) is 22.5 Å². The van der Waals surface area contributed by atoms with Gasteiger partial charge in [-0.1, -0.05) is 0 Å². The van der Waals surface area contributed by atoms with E-state index < -0.39 is 5.97 Å². The van der Waals surface area contributed by atoms with E-state index in [0.29, 0.717) is 24.6 Å². The number of amides is 1. The third kappa shape index (κ3) is 4.00. The molecule has 0 fully saturated rings. The third-order valence-electron chi connectivity index (χ3n) is 4.41. The van der Waals surface area contributed by atoms with E-state index in [-0.39, 0.29) is 23.8 Å². The Morgan fingerprint density at radius 2 is 1.78 bits per heavy atom. The fraction of sp³-hybridized carbons (Fsp3) is 0.368. The van der Waals surface area contributed by atoms with E-state index in [0.717, 1.165) is 12.0 Å². The summed E-state index contributed by atoms with van der Waals surface area (Å²) in [5.41, 5.74) is 1.33. The highest BCUT2D eigenvalue weighted by Gasteiger charge is 2.24. The highest BCUT2D eigenvalue weighted by molar-refractivity contribution is 7.10. The molecule has 0 bridgehead atoms. The number of methoxy groups -OCH3 is 3. The van der Waals surface area contributed by atoms with Crippen molar-refractivity contribution in [1.29, 1.82) is 0 Å². The summed E-state index contributed by atoms with van der Waals surface area (Å²) in [6.07, 6.45) is 0.830. The summed E-state index contributed by atoms with van der Waals surface area (Å²) in [5.74, 6) is 0.208. The van der Waals surface area contributed by atoms with Crippen LogP contribution < -0.4 is 14.2 Å². The molecule has 0 spiro atoms. The van der Waals surface area contributed by atoms with Crippen LogP contribution >= 0.6 is 11.3 Å². The van der Waals surface area contributed by atoms with Crippen molar-refractivity contribution in [2.45, 2.75) is 13.0 Å². The van der Waals surface area contributed by atoms with Gasteiger partial charge in [0.05, 0.1) is 21.3 Å². The van der Waals surface area contributed by atoms with Gasteiger partial charge in [-0.25, -0.2) is 4.79 Å². The van der Waals surface area contributed by atoms with E-state index in [4.69, 9.17) is 18.9 Å². The molecule has 0 saturated heterocycles. The van der Waals surface area contributed by atoms with Crippen LogP contribution in [-0.4, -0.2) is 51.3 Å². The van der Waals surface area contributed by atoms with Crippen molar-refractivity contribution in [3.63, 3.8) is 0 Å². The number of hydrogen-bond acceptors (Lipinski definition) is 7. The second-order valence-electron chi connectivity index (χ2n) is 5.92. The van der Waals surface area contributed by atoms with Crippen molar-refractivity contribution in [3.8, 4) is 17.2 Å². The molecular formula is C19H21NO6S. The third-order valence-corrected chi connectivity index (χ3v) is 5.44. The lowest BCUT2D eigenvalue weighted by Crippen LogP contribution is -2.38. The number of hydrogen-bond donors (Lipinski definition) is 0. The maximum atomic E-state index is 12.5. The number of benzene rings is 1. The van der Waals surface area contributed by atoms with Gasteiger partial charge in [0.15, 0.2) is 18.1 Å². The molecule has 1 aliphatic heterocycles. The number of carbonyl (C=O) groups excluding carboxylic acids is 2. The standard InChI is InChI=1S/C19H21NO6S/c1-23-14-9-16(25-3)15(24-2)8-13(14)19(22)26-11-18(21)20-6-4-17-12(10-20)5-7-27-17/h5,7-9H,4,6,10-11H2,1-3H3. The first-order valence-corrected chi connectivity index (χ1v) is 9.25. The minimum atomic E-state index is -0.658. The SMILES string of the molecule is COc1cc(OC)c(C(=O)OCC(=O)N2CCc3sccc3C2)cc1OC. The van der Waals surface area contributed by atoms with E-state index in [9.17, 15) is 9.59 Å². The number of carbonyl (C=O) groups is 2. The summed E-state index contributed by atoms with van der Waals surface area (Å²) in [7, 11) is 4.40. The smallest absolute Gasteiger partial charge is 0.342 e. The minimum absolute atomic E-state index is 0.168. The van der Waals surface area contributed by atoms with Gasteiger partial charge in [-0.15, -0.1) is 11.3 Å². The molecule has 1 aliphatic rings. The van der Waals surface area contributed by atoms with E-state index in [2.05, 4.69) is 0 Å². The Kier molecular flexibility index (Phi) is 5.85. The van der Waals surface area contributed by atoms with Crippen molar-refractivity contribution >= 4 is 23.2 Å². The number of esters is 1. The topological polar surface area (TPSA) is 74.3 Å². The Labute approximate surface area is 161 Å². The monoisotopic (exact) mass is 391 g/mol. The first-order chi connectivity index (χ1) is 13.1. The van der Waals surface area contributed by atoms with Gasteiger partial charge in [0.2, 0.25) is 0 Å². The van der Waals surface area contributed by atoms with Crippen molar-refractivity contribution in [2.75, 3.05) is 34.5 Å². The van der Waals surface area contributed by atoms with Gasteiger partial charge in [0.25, 0.3) is 5.91 Å². The van der Waals surface area contributed by atoms with Crippen LogP contribution in [0.2, 0.25) is 0 Å². The molecule has 0 radical (unpaired) electrons. The molecule has 0 saturated carbocycles. The lowest BCUT2D eigenvalue weighted by molar-refractivity contribution is -0.135. The van der Waals surface area contributed by atoms with Crippen molar-refractivity contribution < 1.29 is 28.5 Å². The average Bonchev–Trinajstić information content (AvgIpc) is 3.18. The molecule has 1 aromatic carbocycles. The molecule has 0 N–H and O–H groups in total. The zero-order valence-corrected chi connectivity index (χ0v) is 16.3. The normalized spacial score (nSPS) is 12.9. The summed E-state index contributed by atoms with van der Waals surface area (Å²) < 4.78 is 20.9. The Morgan fingerprint density at radius 3 is 2.48 bits per heavy atom. The molecule has 8 heteroatoms. The Balaban J connectivity index is 1.66. The van der Waals surface area contributed by atoms with Crippen LogP contribution in [0.3, 0.4) is 0 Å². The predicted octanol–water partition coefficient (Wildman–Crippen LogP) is 2.52. The molecule has 144 valence electrons. The molecule has 2 heterocycles. The second kappa shape index (κ2) is 8.30. The molecule has 0 aliphatic carbocycles. The molecule has 27 heavy (non-hydrogen) atoms. The van der Waals surface area contributed by atoms with Crippen LogP contribution in [0.25, 0.3) is 0 Å². The van der Waals surface area contributed by atoms with Crippen molar-refractivity contribution in [3.05, 3.63) is 39.6 Å². The second-order valence-corrected chi connectivity index (χ2v) is 6.92. The number of fused-ring (bicyclic) bond motifs is 1. The molecule has 3 rings (SSSR count). The van der Waals surface area contributed by atoms with Gasteiger partial charge < -0.3 is 23.8 Å². The minimum Gasteiger partial charge on any atom is -0.496 e. The molecule has 7 nitrogen and oxygen atoms in total. The van der Waals surface area contributed by atoms with Crippen LogP contribution in [0.15, 0.2) is 23.6 Å². The lowest BCUT2D eigenvalue weighted by Gasteiger charge is -2.26. The first kappa shape index (κ1) is 19.0. The number of nitrogens with zero attached hydrogens (tertiary/aromatic N) is 1. The molecule has 1 amide bonds. The molecule has 0 unspecified atom stereocenters. The molecule has 0 atom stereocenters. The van der Waals surface area contributed by atoms with E-state index in [1.807, 2.05) is 11.4 Å². The number of rotatable bonds is 6.